The molecule has 2 aromatic heterocycles. The summed E-state index contributed by atoms with van der Waals surface area (Å²) >= 11 is 5.97. The Hall–Kier alpha value is -3.76. The maximum absolute atomic E-state index is 14.1. The average Bonchev–Trinajstić information content (AvgIpc) is 3.64. The van der Waals surface area contributed by atoms with Gasteiger partial charge in [0.2, 0.25) is 5.95 Å². The smallest absolute Gasteiger partial charge is 0.229 e. The third kappa shape index (κ3) is 4.58. The molecule has 0 bridgehead atoms. The van der Waals surface area contributed by atoms with Gasteiger partial charge in [0.1, 0.15) is 41.1 Å². The van der Waals surface area contributed by atoms with E-state index in [1.54, 1.807) is 36.3 Å². The minimum atomic E-state index is -0.911. The molecule has 0 spiro atoms. The number of fused-ring (bicyclic) bond motifs is 1. The number of hydrogen-bond acceptors (Lipinski definition) is 7. The Kier molecular flexibility index (Phi) is 6.13. The molecule has 4 aromatic rings. The van der Waals surface area contributed by atoms with Crippen LogP contribution in [0.4, 0.5) is 26.2 Å². The number of nitrogens with one attached hydrogen (secondary N) is 1. The van der Waals surface area contributed by atoms with Crippen molar-refractivity contribution in [2.45, 2.75) is 25.3 Å². The normalized spacial score (nSPS) is 18.8. The summed E-state index contributed by atoms with van der Waals surface area (Å²) in [5.74, 6) is 1.25. The predicted molar refractivity (Wildman–Crippen MR) is 135 cm³/mol. The summed E-state index contributed by atoms with van der Waals surface area (Å²) in [5, 5.41) is 3.63. The van der Waals surface area contributed by atoms with Crippen molar-refractivity contribution in [3.05, 3.63) is 82.8 Å². The van der Waals surface area contributed by atoms with Gasteiger partial charge in [-0.05, 0) is 36.2 Å². The van der Waals surface area contributed by atoms with E-state index in [9.17, 15) is 8.78 Å². The predicted octanol–water partition coefficient (Wildman–Crippen LogP) is 5.37. The van der Waals surface area contributed by atoms with Gasteiger partial charge in [0.25, 0.3) is 0 Å². The van der Waals surface area contributed by atoms with Gasteiger partial charge in [-0.1, -0.05) is 23.7 Å². The van der Waals surface area contributed by atoms with Gasteiger partial charge in [0.15, 0.2) is 0 Å². The number of anilines is 3. The zero-order valence-electron chi connectivity index (χ0n) is 19.9. The fraction of sp³-hybridized carbons (Fsp3) is 0.269. The van der Waals surface area contributed by atoms with Crippen molar-refractivity contribution < 1.29 is 18.3 Å². The number of benzene rings is 2. The fourth-order valence-corrected chi connectivity index (χ4v) is 4.89. The second-order valence-corrected chi connectivity index (χ2v) is 9.31. The number of alkyl halides is 1. The summed E-state index contributed by atoms with van der Waals surface area (Å²) in [7, 11) is 1.58. The van der Waals surface area contributed by atoms with Gasteiger partial charge in [0.05, 0.1) is 31.6 Å². The lowest BCUT2D eigenvalue weighted by molar-refractivity contribution is 0.0923. The summed E-state index contributed by atoms with van der Waals surface area (Å²) in [6.07, 6.45) is 2.34. The number of methoxy groups -OCH3 is 1. The van der Waals surface area contributed by atoms with Crippen LogP contribution in [-0.2, 0) is 11.3 Å². The van der Waals surface area contributed by atoms with Crippen LogP contribution in [0.2, 0.25) is 5.15 Å². The number of hydrogen-bond donors (Lipinski definition) is 1. The van der Waals surface area contributed by atoms with Crippen molar-refractivity contribution in [1.29, 1.82) is 0 Å². The molecule has 11 heteroatoms. The first-order chi connectivity index (χ1) is 18.0. The van der Waals surface area contributed by atoms with Gasteiger partial charge in [-0.3, -0.25) is 0 Å². The van der Waals surface area contributed by atoms with Crippen LogP contribution in [0.1, 0.15) is 29.3 Å². The van der Waals surface area contributed by atoms with E-state index in [1.165, 1.54) is 12.1 Å². The van der Waals surface area contributed by atoms with Crippen LogP contribution in [0.25, 0.3) is 5.69 Å². The van der Waals surface area contributed by atoms with Crippen molar-refractivity contribution in [1.82, 2.24) is 19.5 Å². The van der Waals surface area contributed by atoms with Crippen molar-refractivity contribution in [2.24, 2.45) is 0 Å². The van der Waals surface area contributed by atoms with Crippen molar-refractivity contribution in [2.75, 3.05) is 30.4 Å². The van der Waals surface area contributed by atoms with Crippen LogP contribution in [0.15, 0.2) is 55.0 Å². The number of ether oxygens (including phenoxy) is 2. The quantitative estimate of drug-likeness (QED) is 0.363. The Morgan fingerprint density at radius 3 is 2.70 bits per heavy atom. The molecule has 1 N–H and O–H groups in total. The van der Waals surface area contributed by atoms with E-state index >= 15 is 0 Å². The molecule has 4 heterocycles. The standard InChI is InChI=1S/C26H23ClF2N6O2/c1-36-21-10-18(6-7-20(21)35-12-22(27)30-14-35)31-26-32-23-19(25(33-26)34-9-8-17(29)11-34)13-37-24(23)15-2-4-16(28)5-3-15/h2-7,10,12,14,17,24H,8-9,11,13H2,1H3,(H,31,32,33)/t17-,24?/m1/s1. The molecule has 2 aromatic carbocycles. The molecule has 37 heavy (non-hydrogen) atoms. The van der Waals surface area contributed by atoms with Crippen molar-refractivity contribution in [3.8, 4) is 11.4 Å². The lowest BCUT2D eigenvalue weighted by atomic mass is 10.0. The molecule has 1 fully saturated rings. The third-order valence-electron chi connectivity index (χ3n) is 6.53. The van der Waals surface area contributed by atoms with Gasteiger partial charge in [-0.25, -0.2) is 18.7 Å². The van der Waals surface area contributed by atoms with Gasteiger partial charge >= 0.3 is 0 Å². The van der Waals surface area contributed by atoms with E-state index in [-0.39, 0.29) is 19.0 Å². The Labute approximate surface area is 216 Å². The van der Waals surface area contributed by atoms with E-state index in [4.69, 9.17) is 31.0 Å². The zero-order valence-corrected chi connectivity index (χ0v) is 20.6. The van der Waals surface area contributed by atoms with Crippen LogP contribution >= 0.6 is 11.6 Å². The topological polar surface area (TPSA) is 77.3 Å². The van der Waals surface area contributed by atoms with Crippen LogP contribution in [0, 0.1) is 5.82 Å². The third-order valence-corrected chi connectivity index (χ3v) is 6.72. The Morgan fingerprint density at radius 1 is 1.16 bits per heavy atom. The molecule has 8 nitrogen and oxygen atoms in total. The Balaban J connectivity index is 1.37. The van der Waals surface area contributed by atoms with Crippen molar-refractivity contribution in [3.63, 3.8) is 0 Å². The lowest BCUT2D eigenvalue weighted by Gasteiger charge is -2.21. The summed E-state index contributed by atoms with van der Waals surface area (Å²) in [4.78, 5) is 15.5. The maximum Gasteiger partial charge on any atom is 0.229 e. The second kappa shape index (κ2) is 9.60. The summed E-state index contributed by atoms with van der Waals surface area (Å²) in [6.45, 7) is 1.11. The van der Waals surface area contributed by atoms with Gasteiger partial charge < -0.3 is 24.3 Å². The highest BCUT2D eigenvalue weighted by Gasteiger charge is 2.34. The number of rotatable bonds is 6. The largest absolute Gasteiger partial charge is 0.494 e. The SMILES string of the molecule is COc1cc(Nc2nc3c(c(N4CC[C@@H](F)C4)n2)COC3c2ccc(F)cc2)ccc1-n1cnc(Cl)c1. The van der Waals surface area contributed by atoms with E-state index in [0.29, 0.717) is 47.0 Å². The Morgan fingerprint density at radius 2 is 2.00 bits per heavy atom. The molecule has 1 unspecified atom stereocenters. The highest BCUT2D eigenvalue weighted by Crippen LogP contribution is 2.40. The molecule has 2 aliphatic heterocycles. The fourth-order valence-electron chi connectivity index (χ4n) is 4.74. The first-order valence-electron chi connectivity index (χ1n) is 11.8. The second-order valence-electron chi connectivity index (χ2n) is 8.92. The number of halogens is 3. The van der Waals surface area contributed by atoms with Gasteiger partial charge in [-0.2, -0.15) is 4.98 Å². The van der Waals surface area contributed by atoms with Crippen LogP contribution in [0.3, 0.4) is 0 Å². The summed E-state index contributed by atoms with van der Waals surface area (Å²) in [5.41, 5.74) is 3.74. The molecule has 1 saturated heterocycles. The number of aromatic nitrogens is 4. The number of imidazole rings is 1. The van der Waals surface area contributed by atoms with E-state index < -0.39 is 12.3 Å². The average molecular weight is 525 g/mol. The first-order valence-corrected chi connectivity index (χ1v) is 12.2. The molecule has 190 valence electrons. The monoisotopic (exact) mass is 524 g/mol. The van der Waals surface area contributed by atoms with E-state index in [1.807, 2.05) is 23.1 Å². The maximum atomic E-state index is 14.1. The molecule has 2 atom stereocenters. The van der Waals surface area contributed by atoms with Crippen LogP contribution < -0.4 is 15.0 Å². The van der Waals surface area contributed by atoms with Gasteiger partial charge in [0, 0.05) is 30.1 Å². The highest BCUT2D eigenvalue weighted by molar-refractivity contribution is 6.29. The molecule has 0 saturated carbocycles. The van der Waals surface area contributed by atoms with E-state index in [0.717, 1.165) is 16.8 Å². The van der Waals surface area contributed by atoms with Gasteiger partial charge in [-0.15, -0.1) is 0 Å². The molecule has 0 radical (unpaired) electrons. The minimum Gasteiger partial charge on any atom is -0.494 e. The molecular formula is C26H23ClF2N6O2. The highest BCUT2D eigenvalue weighted by atomic mass is 35.5. The molecule has 6 rings (SSSR count). The zero-order chi connectivity index (χ0) is 25.5. The molecule has 0 amide bonds. The molecule has 2 aliphatic rings. The molecule has 0 aliphatic carbocycles. The first kappa shape index (κ1) is 23.6. The lowest BCUT2D eigenvalue weighted by Crippen LogP contribution is -2.23. The van der Waals surface area contributed by atoms with E-state index in [2.05, 4.69) is 10.3 Å². The summed E-state index contributed by atoms with van der Waals surface area (Å²) in [6, 6.07) is 11.7. The minimum absolute atomic E-state index is 0.264. The summed E-state index contributed by atoms with van der Waals surface area (Å²) < 4.78 is 41.1. The van der Waals surface area contributed by atoms with Crippen molar-refractivity contribution >= 4 is 29.1 Å². The molecular weight excluding hydrogens is 502 g/mol. The Bertz CT molecular complexity index is 1450. The van der Waals surface area contributed by atoms with Crippen LogP contribution in [0.5, 0.6) is 5.75 Å². The number of nitrogens with zero attached hydrogens (tertiary/aromatic N) is 5. The van der Waals surface area contributed by atoms with Crippen LogP contribution in [-0.4, -0.2) is 45.9 Å².